The van der Waals surface area contributed by atoms with Crippen molar-refractivity contribution in [1.82, 2.24) is 19.9 Å². The van der Waals surface area contributed by atoms with E-state index in [1.165, 1.54) is 4.88 Å². The Morgan fingerprint density at radius 2 is 1.88 bits per heavy atom. The first-order valence-corrected chi connectivity index (χ1v) is 8.95. The van der Waals surface area contributed by atoms with Gasteiger partial charge in [-0.2, -0.15) is 0 Å². The lowest BCUT2D eigenvalue weighted by Gasteiger charge is -2.35. The lowest BCUT2D eigenvalue weighted by Crippen LogP contribution is -2.51. The van der Waals surface area contributed by atoms with Gasteiger partial charge in [0.15, 0.2) is 5.96 Å². The van der Waals surface area contributed by atoms with Crippen LogP contribution >= 0.6 is 35.3 Å². The molecule has 2 aromatic heterocycles. The predicted octanol–water partition coefficient (Wildman–Crippen LogP) is 1.85. The van der Waals surface area contributed by atoms with Crippen LogP contribution in [0.5, 0.6) is 0 Å². The molecule has 0 saturated carbocycles. The van der Waals surface area contributed by atoms with Crippen molar-refractivity contribution in [1.29, 1.82) is 0 Å². The summed E-state index contributed by atoms with van der Waals surface area (Å²) < 4.78 is 0. The van der Waals surface area contributed by atoms with Gasteiger partial charge in [-0.15, -0.1) is 35.3 Å². The lowest BCUT2D eigenvalue weighted by atomic mass is 10.3. The Balaban J connectivity index is 0.00000225. The normalized spacial score (nSPS) is 15.2. The van der Waals surface area contributed by atoms with Crippen LogP contribution in [0.25, 0.3) is 0 Å². The van der Waals surface area contributed by atoms with Crippen molar-refractivity contribution < 1.29 is 0 Å². The van der Waals surface area contributed by atoms with E-state index < -0.39 is 0 Å². The molecule has 0 aliphatic carbocycles. The average Bonchev–Trinajstić information content (AvgIpc) is 2.93. The number of aliphatic imine (C=N–C) groups is 1. The monoisotopic (exact) mass is 473 g/mol. The summed E-state index contributed by atoms with van der Waals surface area (Å²) in [5.74, 6) is 1.41. The lowest BCUT2D eigenvalue weighted by molar-refractivity contribution is 0.378. The molecule has 3 heterocycles. The van der Waals surface area contributed by atoms with Crippen molar-refractivity contribution in [2.75, 3.05) is 37.6 Å². The van der Waals surface area contributed by atoms with Crippen molar-refractivity contribution in [3.05, 3.63) is 34.0 Å². The van der Waals surface area contributed by atoms with Crippen LogP contribution < -0.4 is 10.6 Å². The van der Waals surface area contributed by atoms with E-state index in [2.05, 4.69) is 36.7 Å². The number of guanidine groups is 1. The summed E-state index contributed by atoms with van der Waals surface area (Å²) in [6, 6.07) is 1.83. The summed E-state index contributed by atoms with van der Waals surface area (Å²) in [6.07, 6.45) is 4.44. The molecular weight excluding hydrogens is 449 g/mol. The number of hydrogen-bond acceptors (Lipinski definition) is 6. The van der Waals surface area contributed by atoms with E-state index in [0.29, 0.717) is 12.5 Å². The van der Waals surface area contributed by atoms with Crippen LogP contribution in [0.4, 0.5) is 5.95 Å². The molecule has 0 bridgehead atoms. The highest BCUT2D eigenvalue weighted by Crippen LogP contribution is 2.17. The third kappa shape index (κ3) is 5.24. The highest BCUT2D eigenvalue weighted by Gasteiger charge is 2.19. The van der Waals surface area contributed by atoms with E-state index in [0.717, 1.165) is 49.2 Å². The number of hydrogen-bond donors (Lipinski definition) is 1. The topological polar surface area (TPSA) is 83.5 Å². The molecule has 3 rings (SSSR count). The van der Waals surface area contributed by atoms with Crippen LogP contribution in [0.1, 0.15) is 15.6 Å². The van der Waals surface area contributed by atoms with Crippen LogP contribution in [-0.4, -0.2) is 58.5 Å². The first-order valence-electron chi connectivity index (χ1n) is 8.13. The first-order chi connectivity index (χ1) is 11.6. The Morgan fingerprint density at radius 3 is 2.48 bits per heavy atom. The summed E-state index contributed by atoms with van der Waals surface area (Å²) in [6.45, 7) is 8.18. The van der Waals surface area contributed by atoms with Crippen LogP contribution in [0.3, 0.4) is 0 Å². The van der Waals surface area contributed by atoms with E-state index in [4.69, 9.17) is 5.73 Å². The summed E-state index contributed by atoms with van der Waals surface area (Å²) in [5.41, 5.74) is 7.27. The Kier molecular flexibility index (Phi) is 7.36. The van der Waals surface area contributed by atoms with Gasteiger partial charge in [0.25, 0.3) is 0 Å². The molecule has 2 aromatic rings. The highest BCUT2D eigenvalue weighted by atomic mass is 127. The molecule has 1 aliphatic rings. The first kappa shape index (κ1) is 19.8. The molecule has 0 unspecified atom stereocenters. The molecule has 0 radical (unpaired) electrons. The second-order valence-corrected chi connectivity index (χ2v) is 7.04. The molecule has 136 valence electrons. The maximum absolute atomic E-state index is 6.15. The number of anilines is 1. The fraction of sp³-hybridized carbons (Fsp3) is 0.500. The molecule has 0 aromatic carbocycles. The smallest absolute Gasteiger partial charge is 0.225 e. The number of nitrogens with zero attached hydrogens (tertiary/aromatic N) is 6. The maximum Gasteiger partial charge on any atom is 0.225 e. The van der Waals surface area contributed by atoms with Crippen molar-refractivity contribution in [3.8, 4) is 0 Å². The number of thiazole rings is 1. The third-order valence-corrected chi connectivity index (χ3v) is 5.18. The van der Waals surface area contributed by atoms with Crippen molar-refractivity contribution >= 4 is 47.2 Å². The average molecular weight is 473 g/mol. The molecule has 1 fully saturated rings. The van der Waals surface area contributed by atoms with Gasteiger partial charge in [-0.05, 0) is 19.9 Å². The number of halogens is 1. The molecule has 25 heavy (non-hydrogen) atoms. The van der Waals surface area contributed by atoms with Crippen LogP contribution in [0.2, 0.25) is 0 Å². The quantitative estimate of drug-likeness (QED) is 0.415. The van der Waals surface area contributed by atoms with Gasteiger partial charge < -0.3 is 15.5 Å². The molecular formula is C16H24IN7S. The zero-order valence-electron chi connectivity index (χ0n) is 14.6. The van der Waals surface area contributed by atoms with E-state index in [-0.39, 0.29) is 24.0 Å². The fourth-order valence-electron chi connectivity index (χ4n) is 2.77. The second kappa shape index (κ2) is 9.27. The highest BCUT2D eigenvalue weighted by molar-refractivity contribution is 14.0. The largest absolute Gasteiger partial charge is 0.370 e. The molecule has 1 saturated heterocycles. The molecule has 9 heteroatoms. The Hall–Kier alpha value is -1.49. The molecule has 0 amide bonds. The summed E-state index contributed by atoms with van der Waals surface area (Å²) >= 11 is 1.74. The van der Waals surface area contributed by atoms with Gasteiger partial charge >= 0.3 is 0 Å². The molecule has 1 aliphatic heterocycles. The Bertz CT molecular complexity index is 696. The molecule has 0 spiro atoms. The van der Waals surface area contributed by atoms with Crippen molar-refractivity contribution in [2.24, 2.45) is 10.7 Å². The minimum absolute atomic E-state index is 0. The predicted molar refractivity (Wildman–Crippen MR) is 113 cm³/mol. The van der Waals surface area contributed by atoms with Gasteiger partial charge in [0.2, 0.25) is 5.95 Å². The summed E-state index contributed by atoms with van der Waals surface area (Å²) in [5, 5.41) is 1.11. The van der Waals surface area contributed by atoms with Crippen LogP contribution in [0, 0.1) is 13.8 Å². The summed E-state index contributed by atoms with van der Waals surface area (Å²) in [7, 11) is 0. The summed E-state index contributed by atoms with van der Waals surface area (Å²) in [4.78, 5) is 23.2. The fourth-order valence-corrected chi connectivity index (χ4v) is 3.69. The number of piperazine rings is 1. The molecule has 2 N–H and O–H groups in total. The number of nitrogens with two attached hydrogens (primary N) is 1. The Labute approximate surface area is 169 Å². The zero-order chi connectivity index (χ0) is 16.9. The van der Waals surface area contributed by atoms with Crippen LogP contribution in [-0.2, 0) is 6.42 Å². The van der Waals surface area contributed by atoms with Crippen molar-refractivity contribution in [3.63, 3.8) is 0 Å². The number of rotatable bonds is 4. The second-order valence-electron chi connectivity index (χ2n) is 5.75. The van der Waals surface area contributed by atoms with Gasteiger partial charge in [0.05, 0.1) is 10.7 Å². The van der Waals surface area contributed by atoms with Gasteiger partial charge in [-0.3, -0.25) is 4.99 Å². The van der Waals surface area contributed by atoms with E-state index >= 15 is 0 Å². The van der Waals surface area contributed by atoms with Gasteiger partial charge in [0, 0.05) is 56.4 Å². The molecule has 0 atom stereocenters. The SMILES string of the molecule is Cc1nc(C)c(CCN=C(N)N2CCN(c3ncccn3)CC2)s1.I. The Morgan fingerprint density at radius 1 is 1.20 bits per heavy atom. The van der Waals surface area contributed by atoms with Crippen molar-refractivity contribution in [2.45, 2.75) is 20.3 Å². The third-order valence-electron chi connectivity index (χ3n) is 4.05. The van der Waals surface area contributed by atoms with Gasteiger partial charge in [-0.25, -0.2) is 15.0 Å². The molecule has 7 nitrogen and oxygen atoms in total. The van der Waals surface area contributed by atoms with Crippen LogP contribution in [0.15, 0.2) is 23.5 Å². The standard InChI is InChI=1S/C16H23N7S.HI/c1-12-14(24-13(2)21-12)4-7-18-15(17)22-8-10-23(11-9-22)16-19-5-3-6-20-16;/h3,5-6H,4,7-11H2,1-2H3,(H2,17,18);1H. The minimum atomic E-state index is 0. The maximum atomic E-state index is 6.15. The van der Waals surface area contributed by atoms with E-state index in [1.807, 2.05) is 13.0 Å². The van der Waals surface area contributed by atoms with Gasteiger partial charge in [-0.1, -0.05) is 0 Å². The van der Waals surface area contributed by atoms with E-state index in [1.54, 1.807) is 23.7 Å². The van der Waals surface area contributed by atoms with Gasteiger partial charge in [0.1, 0.15) is 0 Å². The number of aryl methyl sites for hydroxylation is 2. The minimum Gasteiger partial charge on any atom is -0.370 e. The zero-order valence-corrected chi connectivity index (χ0v) is 17.7. The van der Waals surface area contributed by atoms with E-state index in [9.17, 15) is 0 Å². The number of aromatic nitrogens is 3.